The highest BCUT2D eigenvalue weighted by atomic mass is 79.9. The van der Waals surface area contributed by atoms with Crippen LogP contribution in [0.15, 0.2) is 71.2 Å². The van der Waals surface area contributed by atoms with Crippen molar-refractivity contribution in [1.82, 2.24) is 4.90 Å². The number of hydrogen-bond donors (Lipinski definition) is 1. The zero-order valence-electron chi connectivity index (χ0n) is 18.8. The molecule has 0 spiro atoms. The van der Waals surface area contributed by atoms with Crippen molar-refractivity contribution in [1.29, 1.82) is 0 Å². The number of benzene rings is 3. The summed E-state index contributed by atoms with van der Waals surface area (Å²) in [5.41, 5.74) is 6.00. The molecule has 0 aliphatic heterocycles. The highest BCUT2D eigenvalue weighted by Crippen LogP contribution is 2.44. The van der Waals surface area contributed by atoms with Crippen molar-refractivity contribution in [3.8, 4) is 11.1 Å². The second kappa shape index (κ2) is 9.40. The molecule has 3 aromatic rings. The molecule has 5 nitrogen and oxygen atoms in total. The fourth-order valence-corrected chi connectivity index (χ4v) is 5.25. The highest BCUT2D eigenvalue weighted by molar-refractivity contribution is 9.10. The van der Waals surface area contributed by atoms with Gasteiger partial charge in [0.15, 0.2) is 6.04 Å². The lowest BCUT2D eigenvalue weighted by Gasteiger charge is -2.32. The van der Waals surface area contributed by atoms with Gasteiger partial charge < -0.3 is 9.84 Å². The first kappa shape index (κ1) is 23.1. The molecule has 1 aliphatic carbocycles. The predicted octanol–water partition coefficient (Wildman–Crippen LogP) is 6.54. The number of carboxylic acid groups (broad SMARTS) is 1. The van der Waals surface area contributed by atoms with Crippen LogP contribution < -0.4 is 0 Å². The van der Waals surface area contributed by atoms with E-state index >= 15 is 0 Å². The Balaban J connectivity index is 1.61. The third-order valence-corrected chi connectivity index (χ3v) is 6.75. The van der Waals surface area contributed by atoms with Crippen molar-refractivity contribution < 1.29 is 19.4 Å². The molecule has 33 heavy (non-hydrogen) atoms. The van der Waals surface area contributed by atoms with Crippen molar-refractivity contribution in [2.45, 2.75) is 38.8 Å². The summed E-state index contributed by atoms with van der Waals surface area (Å²) in [5, 5.41) is 10.1. The van der Waals surface area contributed by atoms with Crippen molar-refractivity contribution in [2.24, 2.45) is 0 Å². The van der Waals surface area contributed by atoms with E-state index in [1.807, 2.05) is 43.3 Å². The second-order valence-electron chi connectivity index (χ2n) is 8.57. The fourth-order valence-electron chi connectivity index (χ4n) is 4.54. The molecule has 0 bridgehead atoms. The number of aryl methyl sites for hydroxylation is 1. The molecule has 4 rings (SSSR count). The maximum Gasteiger partial charge on any atom is 0.411 e. The number of nitrogens with zero attached hydrogens (tertiary/aromatic N) is 1. The van der Waals surface area contributed by atoms with Gasteiger partial charge in [-0.3, -0.25) is 4.90 Å². The Morgan fingerprint density at radius 2 is 1.58 bits per heavy atom. The van der Waals surface area contributed by atoms with Gasteiger partial charge in [-0.15, -0.1) is 0 Å². The number of carbonyl (C=O) groups excluding carboxylic acids is 1. The lowest BCUT2D eigenvalue weighted by atomic mass is 9.98. The van der Waals surface area contributed by atoms with Gasteiger partial charge in [0, 0.05) is 22.0 Å². The molecule has 1 N–H and O–H groups in total. The number of carbonyl (C=O) groups is 2. The SMILES string of the molecule is Cc1ccc(C(C(=O)O)N(C(=O)OCC2c3ccccc3-c3ccccc32)C(C)C)c(Br)c1. The summed E-state index contributed by atoms with van der Waals surface area (Å²) in [6.07, 6.45) is -0.647. The van der Waals surface area contributed by atoms with Crippen LogP contribution in [-0.2, 0) is 9.53 Å². The molecule has 0 saturated carbocycles. The number of carboxylic acids is 1. The Morgan fingerprint density at radius 1 is 1.00 bits per heavy atom. The van der Waals surface area contributed by atoms with Gasteiger partial charge in [0.2, 0.25) is 0 Å². The van der Waals surface area contributed by atoms with Crippen LogP contribution in [0.5, 0.6) is 0 Å². The number of hydrogen-bond acceptors (Lipinski definition) is 3. The lowest BCUT2D eigenvalue weighted by molar-refractivity contribution is -0.143. The normalized spacial score (nSPS) is 13.4. The number of rotatable bonds is 6. The Kier molecular flexibility index (Phi) is 6.56. The molecule has 0 heterocycles. The van der Waals surface area contributed by atoms with Gasteiger partial charge in [0.25, 0.3) is 0 Å². The van der Waals surface area contributed by atoms with Crippen LogP contribution >= 0.6 is 15.9 Å². The first-order valence-electron chi connectivity index (χ1n) is 10.9. The van der Waals surface area contributed by atoms with E-state index in [0.29, 0.717) is 10.0 Å². The Bertz CT molecular complexity index is 1160. The van der Waals surface area contributed by atoms with E-state index < -0.39 is 18.1 Å². The van der Waals surface area contributed by atoms with E-state index in [0.717, 1.165) is 27.8 Å². The largest absolute Gasteiger partial charge is 0.479 e. The summed E-state index contributed by atoms with van der Waals surface area (Å²) in [6, 6.07) is 20.1. The Hall–Kier alpha value is -3.12. The van der Waals surface area contributed by atoms with E-state index in [9.17, 15) is 14.7 Å². The molecule has 3 aromatic carbocycles. The number of aliphatic carboxylic acids is 1. The third kappa shape index (κ3) is 4.40. The van der Waals surface area contributed by atoms with E-state index in [1.165, 1.54) is 4.90 Å². The van der Waals surface area contributed by atoms with Crippen molar-refractivity contribution in [3.05, 3.63) is 93.5 Å². The molecule has 170 valence electrons. The van der Waals surface area contributed by atoms with Gasteiger partial charge in [0.1, 0.15) is 6.61 Å². The molecule has 6 heteroatoms. The van der Waals surface area contributed by atoms with E-state index in [2.05, 4.69) is 40.2 Å². The van der Waals surface area contributed by atoms with Crippen molar-refractivity contribution in [3.63, 3.8) is 0 Å². The quantitative estimate of drug-likeness (QED) is 0.411. The fraction of sp³-hybridized carbons (Fsp3) is 0.259. The van der Waals surface area contributed by atoms with Crippen LogP contribution in [-0.4, -0.2) is 34.7 Å². The van der Waals surface area contributed by atoms with Crippen LogP contribution in [0.25, 0.3) is 11.1 Å². The molecule has 1 unspecified atom stereocenters. The zero-order chi connectivity index (χ0) is 23.7. The van der Waals surface area contributed by atoms with Gasteiger partial charge in [-0.2, -0.15) is 0 Å². The topological polar surface area (TPSA) is 66.8 Å². The smallest absolute Gasteiger partial charge is 0.411 e. The Labute approximate surface area is 202 Å². The van der Waals surface area contributed by atoms with Gasteiger partial charge in [-0.05, 0) is 54.7 Å². The van der Waals surface area contributed by atoms with Crippen LogP contribution in [0.4, 0.5) is 4.79 Å². The molecule has 1 atom stereocenters. The maximum absolute atomic E-state index is 13.3. The minimum atomic E-state index is -1.17. The summed E-state index contributed by atoms with van der Waals surface area (Å²) in [7, 11) is 0. The summed E-state index contributed by atoms with van der Waals surface area (Å²) in [5.74, 6) is -1.20. The molecule has 0 aromatic heterocycles. The third-order valence-electron chi connectivity index (χ3n) is 6.07. The molecular weight excluding hydrogens is 482 g/mol. The van der Waals surface area contributed by atoms with Gasteiger partial charge in [0.05, 0.1) is 0 Å². The Morgan fingerprint density at radius 3 is 2.09 bits per heavy atom. The number of fused-ring (bicyclic) bond motifs is 3. The van der Waals surface area contributed by atoms with Crippen LogP contribution in [0.1, 0.15) is 48.1 Å². The molecule has 1 amide bonds. The van der Waals surface area contributed by atoms with Gasteiger partial charge >= 0.3 is 12.1 Å². The first-order valence-corrected chi connectivity index (χ1v) is 11.7. The molecular formula is C27H26BrNO4. The highest BCUT2D eigenvalue weighted by Gasteiger charge is 2.37. The van der Waals surface area contributed by atoms with Gasteiger partial charge in [-0.1, -0.05) is 76.6 Å². The number of halogens is 1. The average Bonchev–Trinajstić information content (AvgIpc) is 3.10. The van der Waals surface area contributed by atoms with E-state index in [-0.39, 0.29) is 18.6 Å². The molecule has 1 aliphatic rings. The second-order valence-corrected chi connectivity index (χ2v) is 9.43. The first-order chi connectivity index (χ1) is 15.8. The van der Waals surface area contributed by atoms with Crippen LogP contribution in [0.2, 0.25) is 0 Å². The lowest BCUT2D eigenvalue weighted by Crippen LogP contribution is -2.44. The summed E-state index contributed by atoms with van der Waals surface area (Å²) in [4.78, 5) is 26.9. The van der Waals surface area contributed by atoms with Crippen molar-refractivity contribution in [2.75, 3.05) is 6.61 Å². The monoisotopic (exact) mass is 507 g/mol. The van der Waals surface area contributed by atoms with E-state index in [1.54, 1.807) is 19.9 Å². The minimum absolute atomic E-state index is 0.0928. The predicted molar refractivity (Wildman–Crippen MR) is 131 cm³/mol. The molecule has 0 saturated heterocycles. The summed E-state index contributed by atoms with van der Waals surface area (Å²) < 4.78 is 6.43. The van der Waals surface area contributed by atoms with E-state index in [4.69, 9.17) is 4.74 Å². The van der Waals surface area contributed by atoms with Crippen LogP contribution in [0, 0.1) is 6.92 Å². The number of ether oxygens (including phenoxy) is 1. The average molecular weight is 508 g/mol. The molecule has 0 fully saturated rings. The minimum Gasteiger partial charge on any atom is -0.479 e. The number of amides is 1. The summed E-state index contributed by atoms with van der Waals surface area (Å²) >= 11 is 3.47. The summed E-state index contributed by atoms with van der Waals surface area (Å²) in [6.45, 7) is 5.65. The maximum atomic E-state index is 13.3. The van der Waals surface area contributed by atoms with Crippen LogP contribution in [0.3, 0.4) is 0 Å². The molecule has 0 radical (unpaired) electrons. The van der Waals surface area contributed by atoms with Gasteiger partial charge in [-0.25, -0.2) is 9.59 Å². The standard InChI is InChI=1S/C27H26BrNO4/c1-16(2)29(25(26(30)31)22-13-12-17(3)14-24(22)28)27(32)33-15-23-20-10-6-4-8-18(20)19-9-5-7-11-21(19)23/h4-14,16,23,25H,15H2,1-3H3,(H,30,31). The van der Waals surface area contributed by atoms with Crippen molar-refractivity contribution >= 4 is 28.0 Å². The zero-order valence-corrected chi connectivity index (χ0v) is 20.4.